The first-order valence-corrected chi connectivity index (χ1v) is 13.8. The van der Waals surface area contributed by atoms with Gasteiger partial charge in [-0.2, -0.15) is 0 Å². The van der Waals surface area contributed by atoms with Crippen LogP contribution in [0.4, 0.5) is 0 Å². The molecule has 0 radical (unpaired) electrons. The SMILES string of the molecule is CC(C)[C@@H]1CC[C@@H](C)C[C@H]1OC(O[C@@H]1C[C@H](C)CC[C@H]1C(C)C)C(=O)OC1CCCCC1. The smallest absolute Gasteiger partial charge is 0.363 e. The van der Waals surface area contributed by atoms with Gasteiger partial charge in [0.1, 0.15) is 6.10 Å². The monoisotopic (exact) mass is 450 g/mol. The average Bonchev–Trinajstić information content (AvgIpc) is 2.73. The lowest BCUT2D eigenvalue weighted by atomic mass is 9.75. The minimum absolute atomic E-state index is 0.0308. The fourth-order valence-electron chi connectivity index (χ4n) is 6.41. The molecule has 186 valence electrons. The summed E-state index contributed by atoms with van der Waals surface area (Å²) in [6.07, 6.45) is 11.6. The Balaban J connectivity index is 1.75. The van der Waals surface area contributed by atoms with E-state index in [2.05, 4.69) is 41.5 Å². The van der Waals surface area contributed by atoms with Crippen LogP contribution >= 0.6 is 0 Å². The second-order valence-electron chi connectivity index (χ2n) is 12.0. The second kappa shape index (κ2) is 12.2. The molecule has 0 N–H and O–H groups in total. The van der Waals surface area contributed by atoms with Crippen LogP contribution in [0.2, 0.25) is 0 Å². The maximum Gasteiger partial charge on any atom is 0.363 e. The van der Waals surface area contributed by atoms with Gasteiger partial charge in [0.2, 0.25) is 0 Å². The molecule has 0 heterocycles. The Morgan fingerprint density at radius 1 is 0.688 bits per heavy atom. The number of carbonyl (C=O) groups is 1. The van der Waals surface area contributed by atoms with Gasteiger partial charge in [0.05, 0.1) is 12.2 Å². The number of hydrogen-bond donors (Lipinski definition) is 0. The zero-order chi connectivity index (χ0) is 23.3. The standard InChI is InChI=1S/C28H50O4/c1-18(2)23-14-12-20(5)16-25(23)31-28(27(29)30-22-10-8-7-9-11-22)32-26-17-21(6)13-15-24(26)19(3)4/h18-26,28H,7-17H2,1-6H3/t20-,21-,23+,24+,25-,26-/m1/s1. The fraction of sp³-hybridized carbons (Fsp3) is 0.964. The van der Waals surface area contributed by atoms with Gasteiger partial charge in [-0.15, -0.1) is 0 Å². The summed E-state index contributed by atoms with van der Waals surface area (Å²) in [7, 11) is 0. The molecule has 3 aliphatic rings. The summed E-state index contributed by atoms with van der Waals surface area (Å²) in [5, 5.41) is 0. The van der Waals surface area contributed by atoms with E-state index < -0.39 is 6.29 Å². The van der Waals surface area contributed by atoms with Crippen molar-refractivity contribution in [2.45, 2.75) is 137 Å². The van der Waals surface area contributed by atoms with Gasteiger partial charge in [-0.1, -0.05) is 60.8 Å². The van der Waals surface area contributed by atoms with E-state index in [1.807, 2.05) is 0 Å². The predicted octanol–water partition coefficient (Wildman–Crippen LogP) is 7.14. The summed E-state index contributed by atoms with van der Waals surface area (Å²) < 4.78 is 19.2. The van der Waals surface area contributed by atoms with Gasteiger partial charge in [-0.3, -0.25) is 0 Å². The van der Waals surface area contributed by atoms with E-state index in [0.29, 0.717) is 35.5 Å². The Hall–Kier alpha value is -0.610. The summed E-state index contributed by atoms with van der Waals surface area (Å²) in [5.41, 5.74) is 0. The molecular weight excluding hydrogens is 400 g/mol. The van der Waals surface area contributed by atoms with E-state index in [1.54, 1.807) is 0 Å². The van der Waals surface area contributed by atoms with Crippen LogP contribution in [0.25, 0.3) is 0 Å². The van der Waals surface area contributed by atoms with E-state index in [4.69, 9.17) is 14.2 Å². The fourth-order valence-corrected chi connectivity index (χ4v) is 6.41. The Morgan fingerprint density at radius 3 is 1.59 bits per heavy atom. The normalized spacial score (nSPS) is 34.9. The van der Waals surface area contributed by atoms with Crippen LogP contribution in [0.5, 0.6) is 0 Å². The van der Waals surface area contributed by atoms with Crippen LogP contribution < -0.4 is 0 Å². The molecule has 0 bridgehead atoms. The van der Waals surface area contributed by atoms with Crippen molar-refractivity contribution < 1.29 is 19.0 Å². The number of rotatable bonds is 8. The van der Waals surface area contributed by atoms with E-state index in [-0.39, 0.29) is 24.3 Å². The Labute approximate surface area is 197 Å². The number of esters is 1. The minimum Gasteiger partial charge on any atom is -0.459 e. The maximum atomic E-state index is 13.4. The summed E-state index contributed by atoms with van der Waals surface area (Å²) in [4.78, 5) is 13.4. The Morgan fingerprint density at radius 2 is 1.16 bits per heavy atom. The van der Waals surface area contributed by atoms with Gasteiger partial charge < -0.3 is 14.2 Å². The molecule has 0 aliphatic heterocycles. The first kappa shape index (κ1) is 26.0. The van der Waals surface area contributed by atoms with Crippen LogP contribution in [-0.2, 0) is 19.0 Å². The number of ether oxygens (including phenoxy) is 3. The molecule has 0 aromatic heterocycles. The number of carbonyl (C=O) groups excluding carboxylic acids is 1. The molecule has 0 aromatic rings. The highest BCUT2D eigenvalue weighted by Crippen LogP contribution is 2.39. The number of hydrogen-bond acceptors (Lipinski definition) is 4. The molecule has 3 aliphatic carbocycles. The van der Waals surface area contributed by atoms with Gasteiger partial charge in [-0.05, 0) is 86.9 Å². The van der Waals surface area contributed by atoms with Crippen LogP contribution in [0.15, 0.2) is 0 Å². The van der Waals surface area contributed by atoms with Crippen LogP contribution in [0.1, 0.15) is 112 Å². The lowest BCUT2D eigenvalue weighted by Crippen LogP contribution is -2.45. The molecule has 0 amide bonds. The summed E-state index contributed by atoms with van der Waals surface area (Å²) in [5.74, 6) is 3.02. The average molecular weight is 451 g/mol. The molecule has 6 atom stereocenters. The first-order chi connectivity index (χ1) is 15.2. The third kappa shape index (κ3) is 7.19. The van der Waals surface area contributed by atoms with Gasteiger partial charge in [-0.25, -0.2) is 4.79 Å². The molecule has 0 unspecified atom stereocenters. The summed E-state index contributed by atoms with van der Waals surface area (Å²) >= 11 is 0. The Bertz CT molecular complexity index is 534. The second-order valence-corrected chi connectivity index (χ2v) is 12.0. The quantitative estimate of drug-likeness (QED) is 0.291. The van der Waals surface area contributed by atoms with Gasteiger partial charge in [0, 0.05) is 0 Å². The van der Waals surface area contributed by atoms with E-state index in [1.165, 1.54) is 32.1 Å². The molecule has 4 nitrogen and oxygen atoms in total. The van der Waals surface area contributed by atoms with E-state index in [0.717, 1.165) is 38.5 Å². The highest BCUT2D eigenvalue weighted by molar-refractivity contribution is 5.73. The third-order valence-electron chi connectivity index (χ3n) is 8.55. The maximum absolute atomic E-state index is 13.4. The van der Waals surface area contributed by atoms with Crippen molar-refractivity contribution in [2.75, 3.05) is 0 Å². The van der Waals surface area contributed by atoms with Gasteiger partial charge in [0.15, 0.2) is 0 Å². The lowest BCUT2D eigenvalue weighted by molar-refractivity contribution is -0.244. The molecule has 0 spiro atoms. The molecule has 0 saturated heterocycles. The predicted molar refractivity (Wildman–Crippen MR) is 129 cm³/mol. The van der Waals surface area contributed by atoms with Crippen LogP contribution in [-0.4, -0.2) is 30.6 Å². The van der Waals surface area contributed by atoms with Crippen molar-refractivity contribution in [3.63, 3.8) is 0 Å². The molecular formula is C28H50O4. The third-order valence-corrected chi connectivity index (χ3v) is 8.55. The molecule has 32 heavy (non-hydrogen) atoms. The molecule has 3 saturated carbocycles. The largest absolute Gasteiger partial charge is 0.459 e. The van der Waals surface area contributed by atoms with Crippen molar-refractivity contribution in [2.24, 2.45) is 35.5 Å². The van der Waals surface area contributed by atoms with Crippen molar-refractivity contribution in [1.82, 2.24) is 0 Å². The van der Waals surface area contributed by atoms with Crippen molar-refractivity contribution in [1.29, 1.82) is 0 Å². The zero-order valence-corrected chi connectivity index (χ0v) is 21.7. The highest BCUT2D eigenvalue weighted by atomic mass is 16.7. The van der Waals surface area contributed by atoms with E-state index >= 15 is 0 Å². The molecule has 3 fully saturated rings. The minimum atomic E-state index is -0.884. The zero-order valence-electron chi connectivity index (χ0n) is 21.7. The van der Waals surface area contributed by atoms with Gasteiger partial charge >= 0.3 is 5.97 Å². The summed E-state index contributed by atoms with van der Waals surface area (Å²) in [6, 6.07) is 0. The highest BCUT2D eigenvalue weighted by Gasteiger charge is 2.40. The van der Waals surface area contributed by atoms with Gasteiger partial charge in [0.25, 0.3) is 6.29 Å². The van der Waals surface area contributed by atoms with E-state index in [9.17, 15) is 4.79 Å². The molecule has 0 aromatic carbocycles. The topological polar surface area (TPSA) is 44.8 Å². The lowest BCUT2D eigenvalue weighted by Gasteiger charge is -2.41. The summed E-state index contributed by atoms with van der Waals surface area (Å²) in [6.45, 7) is 13.7. The van der Waals surface area contributed by atoms with Crippen molar-refractivity contribution >= 4 is 5.97 Å². The van der Waals surface area contributed by atoms with Crippen molar-refractivity contribution in [3.05, 3.63) is 0 Å². The van der Waals surface area contributed by atoms with Crippen LogP contribution in [0.3, 0.4) is 0 Å². The molecule has 3 rings (SSSR count). The first-order valence-electron chi connectivity index (χ1n) is 13.8. The molecule has 4 heteroatoms. The Kier molecular flexibility index (Phi) is 9.91. The van der Waals surface area contributed by atoms with Crippen LogP contribution in [0, 0.1) is 35.5 Å². The van der Waals surface area contributed by atoms with Crippen molar-refractivity contribution in [3.8, 4) is 0 Å².